The Bertz CT molecular complexity index is 708. The average Bonchev–Trinajstić information content (AvgIpc) is 3.18. The number of nitrogens with zero attached hydrogens (tertiary/aromatic N) is 1. The van der Waals surface area contributed by atoms with Gasteiger partial charge in [-0.25, -0.2) is 4.98 Å². The molecule has 2 aromatic rings. The summed E-state index contributed by atoms with van der Waals surface area (Å²) in [6.07, 6.45) is 1.52. The standard InChI is InChI=1S/C16H17N3O3S/c17-13(20)9-12-10-23-15(18-12)19-14(21)16(7-4-8-22-16)11-5-2-1-3-6-11/h1-3,5-6,10H,4,7-9H2,(H2,17,20)(H,18,19,21). The smallest absolute Gasteiger partial charge is 0.263 e. The third-order valence-corrected chi connectivity index (χ3v) is 4.56. The minimum absolute atomic E-state index is 0.0622. The van der Waals surface area contributed by atoms with Gasteiger partial charge in [0.25, 0.3) is 5.91 Å². The SMILES string of the molecule is NC(=O)Cc1csc(NC(=O)C2(c3ccccc3)CCCO2)n1. The molecule has 1 aliphatic heterocycles. The molecule has 0 saturated carbocycles. The number of primary amides is 1. The van der Waals surface area contributed by atoms with Gasteiger partial charge in [0.1, 0.15) is 0 Å². The lowest BCUT2D eigenvalue weighted by atomic mass is 9.90. The summed E-state index contributed by atoms with van der Waals surface area (Å²) in [7, 11) is 0. The van der Waals surface area contributed by atoms with Gasteiger partial charge in [0.05, 0.1) is 12.1 Å². The molecule has 7 heteroatoms. The van der Waals surface area contributed by atoms with E-state index in [1.54, 1.807) is 5.38 Å². The van der Waals surface area contributed by atoms with Crippen LogP contribution in [-0.2, 0) is 26.3 Å². The van der Waals surface area contributed by atoms with Crippen LogP contribution in [0.4, 0.5) is 5.13 Å². The maximum Gasteiger partial charge on any atom is 0.263 e. The first kappa shape index (κ1) is 15.6. The summed E-state index contributed by atoms with van der Waals surface area (Å²) >= 11 is 1.27. The second kappa shape index (κ2) is 6.47. The van der Waals surface area contributed by atoms with E-state index < -0.39 is 11.5 Å². The normalized spacial score (nSPS) is 20.3. The van der Waals surface area contributed by atoms with Crippen LogP contribution in [-0.4, -0.2) is 23.4 Å². The van der Waals surface area contributed by atoms with Crippen molar-refractivity contribution in [1.29, 1.82) is 0 Å². The van der Waals surface area contributed by atoms with E-state index in [9.17, 15) is 9.59 Å². The van der Waals surface area contributed by atoms with E-state index in [1.165, 1.54) is 11.3 Å². The van der Waals surface area contributed by atoms with Gasteiger partial charge < -0.3 is 10.5 Å². The first-order chi connectivity index (χ1) is 11.1. The van der Waals surface area contributed by atoms with Gasteiger partial charge in [-0.15, -0.1) is 11.3 Å². The molecule has 0 aliphatic carbocycles. The summed E-state index contributed by atoms with van der Waals surface area (Å²) in [5.41, 5.74) is 5.57. The predicted octanol–water partition coefficient (Wildman–Crippen LogP) is 1.82. The van der Waals surface area contributed by atoms with Crippen molar-refractivity contribution < 1.29 is 14.3 Å². The molecule has 1 saturated heterocycles. The zero-order valence-electron chi connectivity index (χ0n) is 12.5. The number of hydrogen-bond donors (Lipinski definition) is 2. The third kappa shape index (κ3) is 3.25. The maximum atomic E-state index is 12.8. The van der Waals surface area contributed by atoms with Gasteiger partial charge in [-0.3, -0.25) is 14.9 Å². The Balaban J connectivity index is 1.80. The second-order valence-corrected chi connectivity index (χ2v) is 6.24. The van der Waals surface area contributed by atoms with E-state index in [1.807, 2.05) is 30.3 Å². The number of nitrogens with two attached hydrogens (primary N) is 1. The first-order valence-corrected chi connectivity index (χ1v) is 8.22. The predicted molar refractivity (Wildman–Crippen MR) is 86.9 cm³/mol. The number of rotatable bonds is 5. The molecule has 1 aliphatic rings. The number of amides is 2. The van der Waals surface area contributed by atoms with Gasteiger partial charge in [0.2, 0.25) is 5.91 Å². The number of aromatic nitrogens is 1. The van der Waals surface area contributed by atoms with Crippen molar-refractivity contribution in [1.82, 2.24) is 4.98 Å². The van der Waals surface area contributed by atoms with Gasteiger partial charge in [-0.2, -0.15) is 0 Å². The van der Waals surface area contributed by atoms with E-state index in [0.29, 0.717) is 23.9 Å². The molecule has 23 heavy (non-hydrogen) atoms. The lowest BCUT2D eigenvalue weighted by Gasteiger charge is -2.27. The molecule has 0 bridgehead atoms. The molecule has 1 atom stereocenters. The Morgan fingerprint density at radius 2 is 2.13 bits per heavy atom. The Kier molecular flexibility index (Phi) is 4.40. The maximum absolute atomic E-state index is 12.8. The fourth-order valence-corrected chi connectivity index (χ4v) is 3.41. The molecule has 1 fully saturated rings. The van der Waals surface area contributed by atoms with E-state index in [4.69, 9.17) is 10.5 Å². The van der Waals surface area contributed by atoms with E-state index >= 15 is 0 Å². The molecular formula is C16H17N3O3S. The first-order valence-electron chi connectivity index (χ1n) is 7.34. The highest BCUT2D eigenvalue weighted by molar-refractivity contribution is 7.13. The Hall–Kier alpha value is -2.25. The molecule has 120 valence electrons. The number of thiazole rings is 1. The Morgan fingerprint density at radius 3 is 2.78 bits per heavy atom. The fraction of sp³-hybridized carbons (Fsp3) is 0.312. The highest BCUT2D eigenvalue weighted by atomic mass is 32.1. The van der Waals surface area contributed by atoms with Crippen molar-refractivity contribution in [3.05, 3.63) is 47.0 Å². The molecular weight excluding hydrogens is 314 g/mol. The minimum atomic E-state index is -0.975. The number of ether oxygens (including phenoxy) is 1. The monoisotopic (exact) mass is 331 g/mol. The van der Waals surface area contributed by atoms with Crippen LogP contribution in [0.2, 0.25) is 0 Å². The van der Waals surface area contributed by atoms with Gasteiger partial charge in [0.15, 0.2) is 10.7 Å². The Morgan fingerprint density at radius 1 is 1.35 bits per heavy atom. The number of carbonyl (C=O) groups is 2. The van der Waals surface area contributed by atoms with Crippen molar-refractivity contribution in [3.8, 4) is 0 Å². The number of anilines is 1. The van der Waals surface area contributed by atoms with Crippen molar-refractivity contribution in [2.45, 2.75) is 24.9 Å². The molecule has 3 N–H and O–H groups in total. The quantitative estimate of drug-likeness (QED) is 0.873. The number of carbonyl (C=O) groups excluding carboxylic acids is 2. The van der Waals surface area contributed by atoms with Crippen LogP contribution in [0.3, 0.4) is 0 Å². The van der Waals surface area contributed by atoms with E-state index in [2.05, 4.69) is 10.3 Å². The lowest BCUT2D eigenvalue weighted by molar-refractivity contribution is -0.136. The molecule has 6 nitrogen and oxygen atoms in total. The van der Waals surface area contributed by atoms with Crippen molar-refractivity contribution in [3.63, 3.8) is 0 Å². The minimum Gasteiger partial charge on any atom is -0.369 e. The van der Waals surface area contributed by atoms with Gasteiger partial charge in [0, 0.05) is 12.0 Å². The summed E-state index contributed by atoms with van der Waals surface area (Å²) in [5.74, 6) is -0.686. The van der Waals surface area contributed by atoms with Crippen LogP contribution in [0, 0.1) is 0 Å². The molecule has 0 radical (unpaired) electrons. The summed E-state index contributed by atoms with van der Waals surface area (Å²) in [4.78, 5) is 27.9. The Labute approximate surface area is 137 Å². The van der Waals surface area contributed by atoms with Crippen molar-refractivity contribution >= 4 is 28.3 Å². The zero-order chi connectivity index (χ0) is 16.3. The van der Waals surface area contributed by atoms with E-state index in [-0.39, 0.29) is 12.3 Å². The van der Waals surface area contributed by atoms with Crippen LogP contribution in [0.25, 0.3) is 0 Å². The molecule has 3 rings (SSSR count). The van der Waals surface area contributed by atoms with Crippen LogP contribution < -0.4 is 11.1 Å². The number of nitrogens with one attached hydrogen (secondary N) is 1. The number of benzene rings is 1. The molecule has 1 aromatic heterocycles. The third-order valence-electron chi connectivity index (χ3n) is 3.76. The van der Waals surface area contributed by atoms with Crippen LogP contribution in [0.1, 0.15) is 24.1 Å². The molecule has 2 amide bonds. The zero-order valence-corrected chi connectivity index (χ0v) is 13.3. The topological polar surface area (TPSA) is 94.3 Å². The molecule has 0 spiro atoms. The molecule has 1 unspecified atom stereocenters. The van der Waals surface area contributed by atoms with Crippen molar-refractivity contribution in [2.75, 3.05) is 11.9 Å². The highest BCUT2D eigenvalue weighted by Gasteiger charge is 2.44. The highest BCUT2D eigenvalue weighted by Crippen LogP contribution is 2.37. The fourth-order valence-electron chi connectivity index (χ4n) is 2.71. The van der Waals surface area contributed by atoms with E-state index in [0.717, 1.165) is 12.0 Å². The summed E-state index contributed by atoms with van der Waals surface area (Å²) in [6, 6.07) is 9.47. The average molecular weight is 331 g/mol. The van der Waals surface area contributed by atoms with Crippen LogP contribution >= 0.6 is 11.3 Å². The van der Waals surface area contributed by atoms with Gasteiger partial charge >= 0.3 is 0 Å². The lowest BCUT2D eigenvalue weighted by Crippen LogP contribution is -2.39. The molecule has 1 aromatic carbocycles. The second-order valence-electron chi connectivity index (χ2n) is 5.39. The van der Waals surface area contributed by atoms with Crippen molar-refractivity contribution in [2.24, 2.45) is 5.73 Å². The van der Waals surface area contributed by atoms with Crippen LogP contribution in [0.15, 0.2) is 35.7 Å². The summed E-state index contributed by atoms with van der Waals surface area (Å²) in [5, 5.41) is 4.96. The largest absolute Gasteiger partial charge is 0.369 e. The summed E-state index contributed by atoms with van der Waals surface area (Å²) in [6.45, 7) is 0.549. The number of hydrogen-bond acceptors (Lipinski definition) is 5. The summed E-state index contributed by atoms with van der Waals surface area (Å²) < 4.78 is 5.82. The van der Waals surface area contributed by atoms with Gasteiger partial charge in [-0.05, 0) is 18.4 Å². The van der Waals surface area contributed by atoms with Gasteiger partial charge in [-0.1, -0.05) is 30.3 Å². The van der Waals surface area contributed by atoms with Crippen LogP contribution in [0.5, 0.6) is 0 Å². The molecule has 2 heterocycles.